The first kappa shape index (κ1) is 15.0. The number of methoxy groups -OCH3 is 1. The van der Waals surface area contributed by atoms with E-state index in [4.69, 9.17) is 4.74 Å². The fraction of sp³-hybridized carbons (Fsp3) is 0.533. The average molecular weight is 296 g/mol. The Morgan fingerprint density at radius 1 is 1.40 bits per heavy atom. The molecule has 1 atom stereocenters. The summed E-state index contributed by atoms with van der Waals surface area (Å²) in [5.74, 6) is 1.16. The molecule has 0 radical (unpaired) electrons. The number of carbonyl (C=O) groups is 1. The van der Waals surface area contributed by atoms with Gasteiger partial charge in [0.05, 0.1) is 18.6 Å². The molecule has 1 aromatic rings. The standard InChI is InChI=1S/C15H20O4S/c1-11-3-4-15(19-2)13(7-11)9-14(16)8-12-5-6-20(17,18)10-12/h3-4,7,12H,5-6,8-10H2,1-2H3. The van der Waals surface area contributed by atoms with E-state index in [1.807, 2.05) is 25.1 Å². The number of aryl methyl sites for hydroxylation is 1. The smallest absolute Gasteiger partial charge is 0.150 e. The van der Waals surface area contributed by atoms with E-state index in [1.54, 1.807) is 7.11 Å². The van der Waals surface area contributed by atoms with Crippen molar-refractivity contribution in [2.75, 3.05) is 18.6 Å². The minimum atomic E-state index is -2.91. The van der Waals surface area contributed by atoms with Gasteiger partial charge >= 0.3 is 0 Å². The summed E-state index contributed by atoms with van der Waals surface area (Å²) in [5, 5.41) is 0. The number of rotatable bonds is 5. The zero-order chi connectivity index (χ0) is 14.8. The molecule has 0 bridgehead atoms. The summed E-state index contributed by atoms with van der Waals surface area (Å²) in [6, 6.07) is 5.75. The van der Waals surface area contributed by atoms with Crippen molar-refractivity contribution >= 4 is 15.6 Å². The maximum absolute atomic E-state index is 12.1. The molecule has 1 heterocycles. The van der Waals surface area contributed by atoms with Gasteiger partial charge in [-0.05, 0) is 25.3 Å². The van der Waals surface area contributed by atoms with Crippen LogP contribution < -0.4 is 4.74 Å². The Balaban J connectivity index is 2.00. The number of ether oxygens (including phenoxy) is 1. The number of sulfone groups is 1. The Morgan fingerprint density at radius 2 is 2.15 bits per heavy atom. The van der Waals surface area contributed by atoms with E-state index in [-0.39, 0.29) is 23.2 Å². The minimum absolute atomic E-state index is 0.0108. The highest BCUT2D eigenvalue weighted by Crippen LogP contribution is 2.25. The van der Waals surface area contributed by atoms with Crippen molar-refractivity contribution in [2.24, 2.45) is 5.92 Å². The van der Waals surface area contributed by atoms with Crippen LogP contribution in [0.2, 0.25) is 0 Å². The Labute approximate surface area is 120 Å². The van der Waals surface area contributed by atoms with E-state index in [2.05, 4.69) is 0 Å². The zero-order valence-corrected chi connectivity index (χ0v) is 12.7. The first-order chi connectivity index (χ1) is 9.39. The molecule has 1 fully saturated rings. The second-order valence-corrected chi connectivity index (χ2v) is 7.73. The number of ketones is 1. The molecule has 5 heteroatoms. The van der Waals surface area contributed by atoms with Gasteiger partial charge in [0.25, 0.3) is 0 Å². The summed E-state index contributed by atoms with van der Waals surface area (Å²) in [5.41, 5.74) is 1.95. The Hall–Kier alpha value is -1.36. The third-order valence-electron chi connectivity index (χ3n) is 3.67. The largest absolute Gasteiger partial charge is 0.496 e. The summed E-state index contributed by atoms with van der Waals surface area (Å²) in [6.45, 7) is 1.97. The van der Waals surface area contributed by atoms with Crippen LogP contribution in [0.25, 0.3) is 0 Å². The molecule has 1 aliphatic rings. The summed E-state index contributed by atoms with van der Waals surface area (Å²) >= 11 is 0. The molecule has 0 amide bonds. The van der Waals surface area contributed by atoms with Gasteiger partial charge < -0.3 is 4.74 Å². The number of hydrogen-bond donors (Lipinski definition) is 0. The lowest BCUT2D eigenvalue weighted by atomic mass is 9.97. The van der Waals surface area contributed by atoms with Crippen LogP contribution in [0.4, 0.5) is 0 Å². The second-order valence-electron chi connectivity index (χ2n) is 5.50. The van der Waals surface area contributed by atoms with Crippen LogP contribution >= 0.6 is 0 Å². The van der Waals surface area contributed by atoms with Gasteiger partial charge in [0.2, 0.25) is 0 Å². The highest BCUT2D eigenvalue weighted by molar-refractivity contribution is 7.91. The third-order valence-corrected chi connectivity index (χ3v) is 5.50. The van der Waals surface area contributed by atoms with E-state index in [0.29, 0.717) is 25.0 Å². The third kappa shape index (κ3) is 3.82. The predicted molar refractivity (Wildman–Crippen MR) is 77.8 cm³/mol. The van der Waals surface area contributed by atoms with Crippen molar-refractivity contribution < 1.29 is 17.9 Å². The molecule has 1 aliphatic heterocycles. The zero-order valence-electron chi connectivity index (χ0n) is 11.9. The average Bonchev–Trinajstić information content (AvgIpc) is 2.68. The number of hydrogen-bond acceptors (Lipinski definition) is 4. The highest BCUT2D eigenvalue weighted by atomic mass is 32.2. The molecule has 1 unspecified atom stereocenters. The predicted octanol–water partition coefficient (Wildman–Crippen LogP) is 1.94. The fourth-order valence-electron chi connectivity index (χ4n) is 2.69. The maximum atomic E-state index is 12.1. The van der Waals surface area contributed by atoms with Gasteiger partial charge in [-0.25, -0.2) is 8.42 Å². The SMILES string of the molecule is COc1ccc(C)cc1CC(=O)CC1CCS(=O)(=O)C1. The number of benzene rings is 1. The quantitative estimate of drug-likeness (QED) is 0.833. The van der Waals surface area contributed by atoms with Gasteiger partial charge in [0, 0.05) is 18.4 Å². The van der Waals surface area contributed by atoms with Gasteiger partial charge in [-0.2, -0.15) is 0 Å². The molecule has 0 aliphatic carbocycles. The highest BCUT2D eigenvalue weighted by Gasteiger charge is 2.29. The molecule has 1 saturated heterocycles. The van der Waals surface area contributed by atoms with Crippen LogP contribution in [0.3, 0.4) is 0 Å². The molecule has 2 rings (SSSR count). The minimum Gasteiger partial charge on any atom is -0.496 e. The van der Waals surface area contributed by atoms with Crippen LogP contribution in [0.1, 0.15) is 24.0 Å². The van der Waals surface area contributed by atoms with Crippen LogP contribution in [-0.4, -0.2) is 32.8 Å². The van der Waals surface area contributed by atoms with E-state index in [1.165, 1.54) is 0 Å². The van der Waals surface area contributed by atoms with Crippen molar-refractivity contribution in [2.45, 2.75) is 26.2 Å². The fourth-order valence-corrected chi connectivity index (χ4v) is 4.55. The first-order valence-electron chi connectivity index (χ1n) is 6.75. The monoisotopic (exact) mass is 296 g/mol. The molecule has 0 spiro atoms. The lowest BCUT2D eigenvalue weighted by Gasteiger charge is -2.10. The molecule has 20 heavy (non-hydrogen) atoms. The molecule has 4 nitrogen and oxygen atoms in total. The van der Waals surface area contributed by atoms with Gasteiger partial charge in [-0.15, -0.1) is 0 Å². The van der Waals surface area contributed by atoms with E-state index >= 15 is 0 Å². The van der Waals surface area contributed by atoms with Crippen molar-refractivity contribution in [3.05, 3.63) is 29.3 Å². The Morgan fingerprint density at radius 3 is 2.75 bits per heavy atom. The summed E-state index contributed by atoms with van der Waals surface area (Å²) in [6.07, 6.45) is 1.26. The summed E-state index contributed by atoms with van der Waals surface area (Å²) in [7, 11) is -1.32. The van der Waals surface area contributed by atoms with Crippen LogP contribution in [-0.2, 0) is 21.1 Å². The molecular weight excluding hydrogens is 276 g/mol. The van der Waals surface area contributed by atoms with Crippen molar-refractivity contribution in [3.63, 3.8) is 0 Å². The Kier molecular flexibility index (Phi) is 4.48. The van der Waals surface area contributed by atoms with Gasteiger partial charge in [0.15, 0.2) is 9.84 Å². The van der Waals surface area contributed by atoms with Crippen molar-refractivity contribution in [1.29, 1.82) is 0 Å². The second kappa shape index (κ2) is 5.95. The summed E-state index contributed by atoms with van der Waals surface area (Å²) in [4.78, 5) is 12.1. The number of Topliss-reactive ketones (excluding diaryl/α,β-unsaturated/α-hetero) is 1. The Bertz CT molecular complexity index is 604. The number of carbonyl (C=O) groups excluding carboxylic acids is 1. The maximum Gasteiger partial charge on any atom is 0.150 e. The topological polar surface area (TPSA) is 60.4 Å². The summed E-state index contributed by atoms with van der Waals surface area (Å²) < 4.78 is 28.0. The van der Waals surface area contributed by atoms with E-state index in [9.17, 15) is 13.2 Å². The van der Waals surface area contributed by atoms with Crippen LogP contribution in [0, 0.1) is 12.8 Å². The molecule has 1 aromatic carbocycles. The van der Waals surface area contributed by atoms with E-state index < -0.39 is 9.84 Å². The van der Waals surface area contributed by atoms with Crippen molar-refractivity contribution in [1.82, 2.24) is 0 Å². The van der Waals surface area contributed by atoms with Crippen LogP contribution in [0.5, 0.6) is 5.75 Å². The molecule has 0 N–H and O–H groups in total. The van der Waals surface area contributed by atoms with Crippen LogP contribution in [0.15, 0.2) is 18.2 Å². The van der Waals surface area contributed by atoms with E-state index in [0.717, 1.165) is 11.1 Å². The lowest BCUT2D eigenvalue weighted by Crippen LogP contribution is -2.12. The van der Waals surface area contributed by atoms with Gasteiger partial charge in [-0.3, -0.25) is 4.79 Å². The van der Waals surface area contributed by atoms with Gasteiger partial charge in [-0.1, -0.05) is 17.7 Å². The lowest BCUT2D eigenvalue weighted by molar-refractivity contribution is -0.119. The molecule has 0 saturated carbocycles. The molecule has 0 aromatic heterocycles. The first-order valence-corrected chi connectivity index (χ1v) is 8.57. The molecule has 110 valence electrons. The molecular formula is C15H20O4S. The normalized spacial score (nSPS) is 20.8. The van der Waals surface area contributed by atoms with Gasteiger partial charge in [0.1, 0.15) is 11.5 Å². The van der Waals surface area contributed by atoms with Crippen molar-refractivity contribution in [3.8, 4) is 5.75 Å².